The summed E-state index contributed by atoms with van der Waals surface area (Å²) in [5.41, 5.74) is 2.73. The van der Waals surface area contributed by atoms with Crippen molar-refractivity contribution in [3.8, 4) is 0 Å². The number of ether oxygens (including phenoxy) is 1. The highest BCUT2D eigenvalue weighted by atomic mass is 35.5. The van der Waals surface area contributed by atoms with Crippen molar-refractivity contribution in [3.05, 3.63) is 76.4 Å². The molecule has 0 spiro atoms. The monoisotopic (exact) mass is 396 g/mol. The number of rotatable bonds is 5. The smallest absolute Gasteiger partial charge is 0.337 e. The van der Waals surface area contributed by atoms with Gasteiger partial charge in [-0.05, 0) is 61.0 Å². The Labute approximate surface area is 166 Å². The van der Waals surface area contributed by atoms with Gasteiger partial charge in [-0.3, -0.25) is 4.79 Å². The second-order valence-corrected chi connectivity index (χ2v) is 6.27. The summed E-state index contributed by atoms with van der Waals surface area (Å²) in [5, 5.41) is 14.3. The fourth-order valence-corrected chi connectivity index (χ4v) is 2.58. The maximum Gasteiger partial charge on any atom is 0.337 e. The zero-order chi connectivity index (χ0) is 20.1. The molecule has 0 saturated heterocycles. The Bertz CT molecular complexity index is 1000. The lowest BCUT2D eigenvalue weighted by Gasteiger charge is -2.09. The minimum Gasteiger partial charge on any atom is -0.465 e. The Hall–Kier alpha value is -3.45. The summed E-state index contributed by atoms with van der Waals surface area (Å²) in [4.78, 5) is 23.8. The van der Waals surface area contributed by atoms with Gasteiger partial charge >= 0.3 is 5.97 Å². The number of carbonyl (C=O) groups is 2. The molecule has 0 atom stereocenters. The van der Waals surface area contributed by atoms with E-state index < -0.39 is 5.97 Å². The minimum absolute atomic E-state index is 0.172. The number of hydrogen-bond acceptors (Lipinski definition) is 6. The average molecular weight is 397 g/mol. The van der Waals surface area contributed by atoms with E-state index in [-0.39, 0.29) is 11.6 Å². The van der Waals surface area contributed by atoms with E-state index >= 15 is 0 Å². The van der Waals surface area contributed by atoms with Crippen molar-refractivity contribution in [1.29, 1.82) is 0 Å². The molecule has 0 aliphatic heterocycles. The van der Waals surface area contributed by atoms with E-state index in [1.807, 2.05) is 6.92 Å². The van der Waals surface area contributed by atoms with Gasteiger partial charge in [0.2, 0.25) is 0 Å². The van der Waals surface area contributed by atoms with Gasteiger partial charge in [-0.25, -0.2) is 4.79 Å². The molecule has 1 heterocycles. The van der Waals surface area contributed by atoms with Crippen molar-refractivity contribution in [1.82, 2.24) is 10.2 Å². The number of hydrogen-bond donors (Lipinski definition) is 2. The van der Waals surface area contributed by atoms with Gasteiger partial charge in [0.15, 0.2) is 11.5 Å². The van der Waals surface area contributed by atoms with Crippen LogP contribution in [0.2, 0.25) is 5.02 Å². The van der Waals surface area contributed by atoms with Gasteiger partial charge in [0.1, 0.15) is 0 Å². The normalized spacial score (nSPS) is 10.2. The number of nitrogens with one attached hydrogen (secondary N) is 2. The zero-order valence-electron chi connectivity index (χ0n) is 15.2. The van der Waals surface area contributed by atoms with Crippen molar-refractivity contribution in [2.45, 2.75) is 6.92 Å². The molecule has 1 amide bonds. The first-order chi connectivity index (χ1) is 13.5. The van der Waals surface area contributed by atoms with Gasteiger partial charge in [0.25, 0.3) is 5.91 Å². The van der Waals surface area contributed by atoms with Crippen LogP contribution >= 0.6 is 11.6 Å². The lowest BCUT2D eigenvalue weighted by molar-refractivity contribution is 0.0600. The van der Waals surface area contributed by atoms with E-state index in [1.54, 1.807) is 54.6 Å². The standard InChI is InChI=1S/C20H17ClN4O3/c1-12-15(21)4-3-5-16(12)23-19(26)17-10-11-18(25-24-17)22-14-8-6-13(7-9-14)20(27)28-2/h3-11H,1-2H3,(H,22,25)(H,23,26). The number of amides is 1. The number of halogens is 1. The fourth-order valence-electron chi connectivity index (χ4n) is 2.40. The molecule has 2 aromatic carbocycles. The van der Waals surface area contributed by atoms with Gasteiger partial charge in [0, 0.05) is 16.4 Å². The van der Waals surface area contributed by atoms with E-state index in [4.69, 9.17) is 11.6 Å². The van der Waals surface area contributed by atoms with E-state index in [0.29, 0.717) is 27.8 Å². The quantitative estimate of drug-likeness (QED) is 0.627. The first-order valence-electron chi connectivity index (χ1n) is 8.33. The maximum absolute atomic E-state index is 12.4. The van der Waals surface area contributed by atoms with Crippen LogP contribution in [-0.4, -0.2) is 29.2 Å². The van der Waals surface area contributed by atoms with Crippen LogP contribution in [-0.2, 0) is 4.74 Å². The van der Waals surface area contributed by atoms with Gasteiger partial charge in [-0.2, -0.15) is 0 Å². The number of carbonyl (C=O) groups excluding carboxylic acids is 2. The molecular formula is C20H17ClN4O3. The topological polar surface area (TPSA) is 93.2 Å². The Morgan fingerprint density at radius 3 is 2.39 bits per heavy atom. The second kappa shape index (κ2) is 8.49. The van der Waals surface area contributed by atoms with Crippen molar-refractivity contribution >= 4 is 40.7 Å². The van der Waals surface area contributed by atoms with E-state index in [0.717, 1.165) is 5.56 Å². The number of benzene rings is 2. The third-order valence-electron chi connectivity index (χ3n) is 3.99. The Kier molecular flexibility index (Phi) is 5.86. The fraction of sp³-hybridized carbons (Fsp3) is 0.100. The highest BCUT2D eigenvalue weighted by Gasteiger charge is 2.11. The van der Waals surface area contributed by atoms with Crippen LogP contribution in [0.5, 0.6) is 0 Å². The van der Waals surface area contributed by atoms with Crippen LogP contribution in [0.4, 0.5) is 17.2 Å². The summed E-state index contributed by atoms with van der Waals surface area (Å²) >= 11 is 6.06. The second-order valence-electron chi connectivity index (χ2n) is 5.86. The molecule has 3 aromatic rings. The number of esters is 1. The summed E-state index contributed by atoms with van der Waals surface area (Å²) in [7, 11) is 1.33. The molecule has 0 aliphatic rings. The number of methoxy groups -OCH3 is 1. The lowest BCUT2D eigenvalue weighted by Crippen LogP contribution is -2.15. The highest BCUT2D eigenvalue weighted by molar-refractivity contribution is 6.31. The Morgan fingerprint density at radius 2 is 1.75 bits per heavy atom. The van der Waals surface area contributed by atoms with Crippen molar-refractivity contribution in [2.24, 2.45) is 0 Å². The maximum atomic E-state index is 12.4. The molecule has 0 fully saturated rings. The summed E-state index contributed by atoms with van der Waals surface area (Å²) < 4.78 is 4.66. The van der Waals surface area contributed by atoms with Crippen molar-refractivity contribution < 1.29 is 14.3 Å². The predicted octanol–water partition coefficient (Wildman–Crippen LogP) is 4.22. The van der Waals surface area contributed by atoms with Crippen LogP contribution in [0.1, 0.15) is 26.4 Å². The van der Waals surface area contributed by atoms with Crippen molar-refractivity contribution in [3.63, 3.8) is 0 Å². The lowest BCUT2D eigenvalue weighted by atomic mass is 10.2. The van der Waals surface area contributed by atoms with Gasteiger partial charge in [0.05, 0.1) is 12.7 Å². The molecule has 28 heavy (non-hydrogen) atoms. The third-order valence-corrected chi connectivity index (χ3v) is 4.40. The van der Waals surface area contributed by atoms with Gasteiger partial charge in [-0.15, -0.1) is 10.2 Å². The third kappa shape index (κ3) is 4.44. The molecule has 8 heteroatoms. The van der Waals surface area contributed by atoms with Gasteiger partial charge < -0.3 is 15.4 Å². The van der Waals surface area contributed by atoms with E-state index in [9.17, 15) is 9.59 Å². The summed E-state index contributed by atoms with van der Waals surface area (Å²) in [6.45, 7) is 1.82. The van der Waals surface area contributed by atoms with Crippen LogP contribution in [0.3, 0.4) is 0 Å². The molecule has 142 valence electrons. The van der Waals surface area contributed by atoms with Crippen LogP contribution < -0.4 is 10.6 Å². The molecule has 2 N–H and O–H groups in total. The molecule has 0 bridgehead atoms. The summed E-state index contributed by atoms with van der Waals surface area (Å²) in [6, 6.07) is 15.2. The molecule has 1 aromatic heterocycles. The average Bonchev–Trinajstić information content (AvgIpc) is 2.72. The molecule has 0 radical (unpaired) electrons. The largest absolute Gasteiger partial charge is 0.465 e. The molecule has 0 saturated carbocycles. The van der Waals surface area contributed by atoms with Crippen molar-refractivity contribution in [2.75, 3.05) is 17.7 Å². The molecule has 0 unspecified atom stereocenters. The minimum atomic E-state index is -0.406. The molecular weight excluding hydrogens is 380 g/mol. The number of anilines is 3. The first-order valence-corrected chi connectivity index (χ1v) is 8.71. The molecule has 3 rings (SSSR count). The van der Waals surface area contributed by atoms with Crippen LogP contribution in [0.25, 0.3) is 0 Å². The van der Waals surface area contributed by atoms with E-state index in [1.165, 1.54) is 7.11 Å². The predicted molar refractivity (Wildman–Crippen MR) is 107 cm³/mol. The molecule has 7 nitrogen and oxygen atoms in total. The number of aromatic nitrogens is 2. The summed E-state index contributed by atoms with van der Waals surface area (Å²) in [6.07, 6.45) is 0. The van der Waals surface area contributed by atoms with Gasteiger partial charge in [-0.1, -0.05) is 17.7 Å². The van der Waals surface area contributed by atoms with E-state index in [2.05, 4.69) is 25.6 Å². The Morgan fingerprint density at radius 1 is 1.00 bits per heavy atom. The first kappa shape index (κ1) is 19.3. The zero-order valence-corrected chi connectivity index (χ0v) is 15.9. The highest BCUT2D eigenvalue weighted by Crippen LogP contribution is 2.23. The van der Waals surface area contributed by atoms with Crippen LogP contribution in [0, 0.1) is 6.92 Å². The summed E-state index contributed by atoms with van der Waals surface area (Å²) in [5.74, 6) is -0.329. The molecule has 0 aliphatic carbocycles. The SMILES string of the molecule is COC(=O)c1ccc(Nc2ccc(C(=O)Nc3cccc(Cl)c3C)nn2)cc1. The van der Waals surface area contributed by atoms with Crippen LogP contribution in [0.15, 0.2) is 54.6 Å². The number of nitrogens with zero attached hydrogens (tertiary/aromatic N) is 2. The Balaban J connectivity index is 1.67.